The van der Waals surface area contributed by atoms with Gasteiger partial charge in [-0.25, -0.2) is 4.98 Å². The first-order valence-electron chi connectivity index (χ1n) is 5.67. The van der Waals surface area contributed by atoms with Crippen molar-refractivity contribution in [2.24, 2.45) is 0 Å². The Labute approximate surface area is 109 Å². The van der Waals surface area contributed by atoms with Gasteiger partial charge in [0.05, 0.1) is 13.3 Å². The fraction of sp³-hybridized carbons (Fsp3) is 0.0769. The second-order valence-electron chi connectivity index (χ2n) is 3.91. The van der Waals surface area contributed by atoms with Crippen molar-refractivity contribution in [3.05, 3.63) is 42.9 Å². The Morgan fingerprint density at radius 3 is 2.63 bits per heavy atom. The Balaban J connectivity index is 1.97. The minimum Gasteiger partial charge on any atom is -0.497 e. The molecule has 0 saturated heterocycles. The van der Waals surface area contributed by atoms with Crippen LogP contribution < -0.4 is 15.2 Å². The lowest BCUT2D eigenvalue weighted by Gasteiger charge is -2.07. The van der Waals surface area contributed by atoms with Crippen LogP contribution in [-0.2, 0) is 0 Å². The molecule has 2 aromatic heterocycles. The molecule has 0 fully saturated rings. The van der Waals surface area contributed by atoms with E-state index in [4.69, 9.17) is 15.2 Å². The van der Waals surface area contributed by atoms with Crippen LogP contribution in [0.25, 0.3) is 5.65 Å². The zero-order valence-electron chi connectivity index (χ0n) is 10.3. The summed E-state index contributed by atoms with van der Waals surface area (Å²) in [7, 11) is 1.61. The van der Waals surface area contributed by atoms with Crippen LogP contribution in [0.3, 0.4) is 0 Å². The van der Waals surface area contributed by atoms with Crippen molar-refractivity contribution in [2.45, 2.75) is 0 Å². The third-order valence-electron chi connectivity index (χ3n) is 2.64. The second kappa shape index (κ2) is 4.49. The van der Waals surface area contributed by atoms with Gasteiger partial charge in [-0.05, 0) is 24.3 Å². The molecule has 6 nitrogen and oxygen atoms in total. The molecule has 0 unspecified atom stereocenters. The zero-order valence-corrected chi connectivity index (χ0v) is 10.3. The van der Waals surface area contributed by atoms with Gasteiger partial charge in [0.25, 0.3) is 5.88 Å². The Morgan fingerprint density at radius 2 is 1.89 bits per heavy atom. The highest BCUT2D eigenvalue weighted by Gasteiger charge is 2.08. The number of fused-ring (bicyclic) bond motifs is 1. The van der Waals surface area contributed by atoms with Crippen molar-refractivity contribution in [3.8, 4) is 17.4 Å². The molecular formula is C13H12N4O2. The molecular weight excluding hydrogens is 244 g/mol. The number of methoxy groups -OCH3 is 1. The quantitative estimate of drug-likeness (QED) is 0.776. The summed E-state index contributed by atoms with van der Waals surface area (Å²) in [5.41, 5.74) is 6.34. The maximum Gasteiger partial charge on any atom is 0.265 e. The van der Waals surface area contributed by atoms with Crippen LogP contribution in [0.1, 0.15) is 0 Å². The molecule has 0 aliphatic heterocycles. The molecule has 6 heteroatoms. The van der Waals surface area contributed by atoms with Crippen LogP contribution in [0.5, 0.6) is 17.4 Å². The Kier molecular flexibility index (Phi) is 2.68. The summed E-state index contributed by atoms with van der Waals surface area (Å²) >= 11 is 0. The van der Waals surface area contributed by atoms with Crippen LogP contribution in [0, 0.1) is 0 Å². The van der Waals surface area contributed by atoms with Crippen LogP contribution in [0.15, 0.2) is 42.9 Å². The Hall–Kier alpha value is -2.76. The van der Waals surface area contributed by atoms with Crippen LogP contribution in [-0.4, -0.2) is 21.5 Å². The van der Waals surface area contributed by atoms with Gasteiger partial charge < -0.3 is 15.2 Å². The van der Waals surface area contributed by atoms with E-state index in [-0.39, 0.29) is 0 Å². The monoisotopic (exact) mass is 256 g/mol. The SMILES string of the molecule is COc1ccc(Oc2nc(N)cn3ccnc23)cc1. The number of imidazole rings is 1. The summed E-state index contributed by atoms with van der Waals surface area (Å²) in [6.07, 6.45) is 5.13. The number of hydrogen-bond acceptors (Lipinski definition) is 5. The van der Waals surface area contributed by atoms with E-state index in [2.05, 4.69) is 9.97 Å². The fourth-order valence-corrected chi connectivity index (χ4v) is 1.75. The lowest BCUT2D eigenvalue weighted by Crippen LogP contribution is -1.98. The molecule has 96 valence electrons. The van der Waals surface area contributed by atoms with E-state index in [1.165, 1.54) is 0 Å². The standard InChI is InChI=1S/C13H12N4O2/c1-18-9-2-4-10(5-3-9)19-13-12-15-6-7-17(12)8-11(14)16-13/h2-8H,14H2,1H3. The van der Waals surface area contributed by atoms with Crippen LogP contribution in [0.4, 0.5) is 5.82 Å². The lowest BCUT2D eigenvalue weighted by atomic mass is 10.3. The van der Waals surface area contributed by atoms with Gasteiger partial charge in [-0.1, -0.05) is 0 Å². The molecule has 0 atom stereocenters. The van der Waals surface area contributed by atoms with Gasteiger partial charge in [0.2, 0.25) is 5.65 Å². The highest BCUT2D eigenvalue weighted by atomic mass is 16.5. The predicted molar refractivity (Wildman–Crippen MR) is 70.5 cm³/mol. The lowest BCUT2D eigenvalue weighted by molar-refractivity contribution is 0.412. The highest BCUT2D eigenvalue weighted by Crippen LogP contribution is 2.25. The van der Waals surface area contributed by atoms with E-state index < -0.39 is 0 Å². The molecule has 1 aromatic carbocycles. The summed E-state index contributed by atoms with van der Waals surface area (Å²) in [6, 6.07) is 7.21. The normalized spacial score (nSPS) is 10.6. The van der Waals surface area contributed by atoms with Gasteiger partial charge in [0.15, 0.2) is 0 Å². The van der Waals surface area contributed by atoms with Crippen molar-refractivity contribution >= 4 is 11.5 Å². The molecule has 0 spiro atoms. The summed E-state index contributed by atoms with van der Waals surface area (Å²) < 4.78 is 12.6. The third-order valence-corrected chi connectivity index (χ3v) is 2.64. The fourth-order valence-electron chi connectivity index (χ4n) is 1.75. The smallest absolute Gasteiger partial charge is 0.265 e. The van der Waals surface area contributed by atoms with Crippen LogP contribution >= 0.6 is 0 Å². The molecule has 0 aliphatic carbocycles. The largest absolute Gasteiger partial charge is 0.497 e. The maximum atomic E-state index is 5.72. The van der Waals surface area contributed by atoms with Gasteiger partial charge in [0.1, 0.15) is 17.3 Å². The molecule has 0 saturated carbocycles. The number of nitrogen functional groups attached to an aromatic ring is 1. The molecule has 0 amide bonds. The van der Waals surface area contributed by atoms with E-state index in [0.29, 0.717) is 23.1 Å². The topological polar surface area (TPSA) is 74.7 Å². The van der Waals surface area contributed by atoms with Crippen molar-refractivity contribution in [2.75, 3.05) is 12.8 Å². The summed E-state index contributed by atoms with van der Waals surface area (Å²) in [5, 5.41) is 0. The van der Waals surface area contributed by atoms with Crippen molar-refractivity contribution in [1.29, 1.82) is 0 Å². The first-order valence-corrected chi connectivity index (χ1v) is 5.67. The molecule has 0 radical (unpaired) electrons. The molecule has 19 heavy (non-hydrogen) atoms. The Bertz CT molecular complexity index is 706. The van der Waals surface area contributed by atoms with E-state index in [1.54, 1.807) is 42.2 Å². The molecule has 3 aromatic rings. The van der Waals surface area contributed by atoms with E-state index in [0.717, 1.165) is 5.75 Å². The molecule has 0 aliphatic rings. The number of nitrogens with two attached hydrogens (primary N) is 1. The minimum absolute atomic E-state index is 0.369. The predicted octanol–water partition coefficient (Wildman–Crippen LogP) is 2.11. The maximum absolute atomic E-state index is 5.72. The molecule has 3 rings (SSSR count). The molecule has 2 N–H and O–H groups in total. The van der Waals surface area contributed by atoms with Gasteiger partial charge in [-0.2, -0.15) is 4.98 Å². The number of rotatable bonds is 3. The Morgan fingerprint density at radius 1 is 1.16 bits per heavy atom. The van der Waals surface area contributed by atoms with Gasteiger partial charge in [-0.15, -0.1) is 0 Å². The average Bonchev–Trinajstić information content (AvgIpc) is 2.88. The van der Waals surface area contributed by atoms with Gasteiger partial charge in [-0.3, -0.25) is 4.40 Å². The van der Waals surface area contributed by atoms with E-state index >= 15 is 0 Å². The molecule has 2 heterocycles. The van der Waals surface area contributed by atoms with E-state index in [1.807, 2.05) is 12.1 Å². The third kappa shape index (κ3) is 2.15. The first kappa shape index (κ1) is 11.3. The van der Waals surface area contributed by atoms with Crippen molar-refractivity contribution in [3.63, 3.8) is 0 Å². The van der Waals surface area contributed by atoms with Crippen molar-refractivity contribution in [1.82, 2.24) is 14.4 Å². The van der Waals surface area contributed by atoms with Crippen molar-refractivity contribution < 1.29 is 9.47 Å². The number of anilines is 1. The number of benzene rings is 1. The minimum atomic E-state index is 0.369. The summed E-state index contributed by atoms with van der Waals surface area (Å²) in [4.78, 5) is 8.34. The summed E-state index contributed by atoms with van der Waals surface area (Å²) in [5.74, 6) is 2.15. The number of hydrogen-bond donors (Lipinski definition) is 1. The first-order chi connectivity index (χ1) is 9.26. The number of ether oxygens (including phenoxy) is 2. The van der Waals surface area contributed by atoms with E-state index in [9.17, 15) is 0 Å². The number of nitrogens with zero attached hydrogens (tertiary/aromatic N) is 3. The van der Waals surface area contributed by atoms with Gasteiger partial charge in [0, 0.05) is 12.4 Å². The highest BCUT2D eigenvalue weighted by molar-refractivity contribution is 5.54. The summed E-state index contributed by atoms with van der Waals surface area (Å²) in [6.45, 7) is 0. The number of aromatic nitrogens is 3. The second-order valence-corrected chi connectivity index (χ2v) is 3.91. The zero-order chi connectivity index (χ0) is 13.2. The molecule has 0 bridgehead atoms. The van der Waals surface area contributed by atoms with Gasteiger partial charge >= 0.3 is 0 Å². The average molecular weight is 256 g/mol. The van der Waals surface area contributed by atoms with Crippen LogP contribution in [0.2, 0.25) is 0 Å².